The number of hydrogen-bond donors (Lipinski definition) is 1. The summed E-state index contributed by atoms with van der Waals surface area (Å²) < 4.78 is 13.0. The Morgan fingerprint density at radius 2 is 1.85 bits per heavy atom. The lowest BCUT2D eigenvalue weighted by Gasteiger charge is -2.22. The van der Waals surface area contributed by atoms with Crippen molar-refractivity contribution >= 4 is 17.3 Å². The van der Waals surface area contributed by atoms with Gasteiger partial charge in [-0.1, -0.05) is 12.1 Å². The molecular formula is C19H21FN4O3. The molecule has 27 heavy (non-hydrogen) atoms. The molecule has 1 amide bonds. The van der Waals surface area contributed by atoms with E-state index in [9.17, 15) is 19.3 Å². The molecule has 0 bridgehead atoms. The van der Waals surface area contributed by atoms with Crippen LogP contribution in [0.15, 0.2) is 42.5 Å². The molecule has 0 saturated carbocycles. The van der Waals surface area contributed by atoms with E-state index in [0.29, 0.717) is 26.2 Å². The van der Waals surface area contributed by atoms with Crippen molar-refractivity contribution in [2.75, 3.05) is 31.9 Å². The molecule has 1 fully saturated rings. The molecule has 2 aromatic carbocycles. The Labute approximate surface area is 156 Å². The fourth-order valence-corrected chi connectivity index (χ4v) is 3.20. The van der Waals surface area contributed by atoms with Crippen LogP contribution in [0, 0.1) is 15.9 Å². The molecule has 0 spiro atoms. The SMILES string of the molecule is Nc1ccc(C(=O)N2CCCN(Cc3ccc(F)cc3)CC2)cc1[N+](=O)[O-]. The Morgan fingerprint density at radius 3 is 2.56 bits per heavy atom. The first-order chi connectivity index (χ1) is 12.9. The van der Waals surface area contributed by atoms with E-state index in [1.54, 1.807) is 17.0 Å². The maximum atomic E-state index is 13.0. The molecule has 2 aromatic rings. The van der Waals surface area contributed by atoms with Crippen LogP contribution >= 0.6 is 0 Å². The summed E-state index contributed by atoms with van der Waals surface area (Å²) >= 11 is 0. The summed E-state index contributed by atoms with van der Waals surface area (Å²) in [5.41, 5.74) is 6.67. The van der Waals surface area contributed by atoms with Crippen molar-refractivity contribution in [3.8, 4) is 0 Å². The van der Waals surface area contributed by atoms with Crippen molar-refractivity contribution in [3.05, 3.63) is 69.5 Å². The van der Waals surface area contributed by atoms with E-state index in [1.807, 2.05) is 0 Å². The number of anilines is 1. The van der Waals surface area contributed by atoms with E-state index in [1.165, 1.54) is 30.3 Å². The smallest absolute Gasteiger partial charge is 0.292 e. The zero-order chi connectivity index (χ0) is 19.4. The van der Waals surface area contributed by atoms with Crippen molar-refractivity contribution in [2.24, 2.45) is 0 Å². The van der Waals surface area contributed by atoms with Gasteiger partial charge in [0.05, 0.1) is 4.92 Å². The lowest BCUT2D eigenvalue weighted by molar-refractivity contribution is -0.383. The van der Waals surface area contributed by atoms with Crippen LogP contribution in [-0.4, -0.2) is 46.8 Å². The van der Waals surface area contributed by atoms with Crippen LogP contribution in [0.5, 0.6) is 0 Å². The summed E-state index contributed by atoms with van der Waals surface area (Å²) in [4.78, 5) is 27.1. The Hall–Kier alpha value is -3.00. The number of nitro benzene ring substituents is 1. The third kappa shape index (κ3) is 4.59. The molecule has 142 valence electrons. The average Bonchev–Trinajstić information content (AvgIpc) is 2.89. The highest BCUT2D eigenvalue weighted by Gasteiger charge is 2.23. The first kappa shape index (κ1) is 18.8. The van der Waals surface area contributed by atoms with Crippen molar-refractivity contribution in [3.63, 3.8) is 0 Å². The molecule has 8 heteroatoms. The standard InChI is InChI=1S/C19H21FN4O3/c20-16-5-2-14(3-6-16)13-22-8-1-9-23(11-10-22)19(25)15-4-7-17(21)18(12-15)24(26)27/h2-7,12H,1,8-11,13,21H2. The maximum absolute atomic E-state index is 13.0. The van der Waals surface area contributed by atoms with Crippen LogP contribution in [-0.2, 0) is 6.54 Å². The number of hydrogen-bond acceptors (Lipinski definition) is 5. The maximum Gasteiger partial charge on any atom is 0.292 e. The molecule has 2 N–H and O–H groups in total. The predicted octanol–water partition coefficient (Wildman–Crippen LogP) is 2.66. The van der Waals surface area contributed by atoms with Crippen molar-refractivity contribution in [1.29, 1.82) is 0 Å². The molecule has 0 unspecified atom stereocenters. The summed E-state index contributed by atoms with van der Waals surface area (Å²) in [6.45, 7) is 3.30. The molecule has 0 radical (unpaired) electrons. The minimum absolute atomic E-state index is 0.0397. The van der Waals surface area contributed by atoms with Crippen molar-refractivity contribution in [2.45, 2.75) is 13.0 Å². The number of halogens is 1. The van der Waals surface area contributed by atoms with E-state index in [2.05, 4.69) is 4.90 Å². The van der Waals surface area contributed by atoms with Gasteiger partial charge >= 0.3 is 0 Å². The fourth-order valence-electron chi connectivity index (χ4n) is 3.20. The second-order valence-electron chi connectivity index (χ2n) is 6.58. The number of nitrogens with two attached hydrogens (primary N) is 1. The quantitative estimate of drug-likeness (QED) is 0.506. The van der Waals surface area contributed by atoms with Gasteiger partial charge in [0, 0.05) is 44.4 Å². The van der Waals surface area contributed by atoms with Gasteiger partial charge in [0.25, 0.3) is 11.6 Å². The van der Waals surface area contributed by atoms with E-state index >= 15 is 0 Å². The van der Waals surface area contributed by atoms with E-state index in [-0.39, 0.29) is 28.7 Å². The number of nitrogen functional groups attached to an aromatic ring is 1. The molecule has 7 nitrogen and oxygen atoms in total. The predicted molar refractivity (Wildman–Crippen MR) is 99.7 cm³/mol. The van der Waals surface area contributed by atoms with Crippen LogP contribution < -0.4 is 5.73 Å². The monoisotopic (exact) mass is 372 g/mol. The molecular weight excluding hydrogens is 351 g/mol. The van der Waals surface area contributed by atoms with Gasteiger partial charge in [0.15, 0.2) is 0 Å². The lowest BCUT2D eigenvalue weighted by atomic mass is 10.1. The van der Waals surface area contributed by atoms with E-state index in [4.69, 9.17) is 5.73 Å². The van der Waals surface area contributed by atoms with Crippen molar-refractivity contribution < 1.29 is 14.1 Å². The molecule has 1 saturated heterocycles. The molecule has 0 atom stereocenters. The topological polar surface area (TPSA) is 92.7 Å². The number of rotatable bonds is 4. The van der Waals surface area contributed by atoms with Gasteiger partial charge in [-0.05, 0) is 36.2 Å². The summed E-state index contributed by atoms with van der Waals surface area (Å²) in [7, 11) is 0. The van der Waals surface area contributed by atoms with E-state index in [0.717, 1.165) is 18.5 Å². The first-order valence-electron chi connectivity index (χ1n) is 8.74. The van der Waals surface area contributed by atoms with Gasteiger partial charge in [0.1, 0.15) is 11.5 Å². The summed E-state index contributed by atoms with van der Waals surface area (Å²) in [6, 6.07) is 10.6. The van der Waals surface area contributed by atoms with Gasteiger partial charge in [-0.3, -0.25) is 19.8 Å². The minimum Gasteiger partial charge on any atom is -0.393 e. The third-order valence-corrected chi connectivity index (χ3v) is 4.67. The van der Waals surface area contributed by atoms with Gasteiger partial charge < -0.3 is 10.6 Å². The number of carbonyl (C=O) groups excluding carboxylic acids is 1. The van der Waals surface area contributed by atoms with Crippen LogP contribution in [0.4, 0.5) is 15.8 Å². The number of carbonyl (C=O) groups is 1. The van der Waals surface area contributed by atoms with Crippen LogP contribution in [0.3, 0.4) is 0 Å². The first-order valence-corrected chi connectivity index (χ1v) is 8.74. The molecule has 0 aliphatic carbocycles. The normalized spacial score (nSPS) is 15.4. The zero-order valence-corrected chi connectivity index (χ0v) is 14.8. The fraction of sp³-hybridized carbons (Fsp3) is 0.316. The van der Waals surface area contributed by atoms with Crippen LogP contribution in [0.2, 0.25) is 0 Å². The number of benzene rings is 2. The molecule has 1 aliphatic heterocycles. The zero-order valence-electron chi connectivity index (χ0n) is 14.8. The highest BCUT2D eigenvalue weighted by atomic mass is 19.1. The Balaban J connectivity index is 1.65. The highest BCUT2D eigenvalue weighted by Crippen LogP contribution is 2.23. The van der Waals surface area contributed by atoms with Crippen molar-refractivity contribution in [1.82, 2.24) is 9.80 Å². The van der Waals surface area contributed by atoms with Gasteiger partial charge in [-0.15, -0.1) is 0 Å². The molecule has 3 rings (SSSR count). The van der Waals surface area contributed by atoms with E-state index < -0.39 is 4.92 Å². The minimum atomic E-state index is -0.584. The number of nitro groups is 1. The summed E-state index contributed by atoms with van der Waals surface area (Å²) in [6.07, 6.45) is 0.796. The largest absolute Gasteiger partial charge is 0.393 e. The average molecular weight is 372 g/mol. The van der Waals surface area contributed by atoms with Crippen LogP contribution in [0.25, 0.3) is 0 Å². The molecule has 0 aromatic heterocycles. The summed E-state index contributed by atoms with van der Waals surface area (Å²) in [5, 5.41) is 11.0. The highest BCUT2D eigenvalue weighted by molar-refractivity contribution is 5.95. The Morgan fingerprint density at radius 1 is 1.11 bits per heavy atom. The number of amides is 1. The number of nitrogens with zero attached hydrogens (tertiary/aromatic N) is 3. The Bertz CT molecular complexity index is 841. The second kappa shape index (κ2) is 8.13. The lowest BCUT2D eigenvalue weighted by Crippen LogP contribution is -2.35. The molecule has 1 aliphatic rings. The second-order valence-corrected chi connectivity index (χ2v) is 6.58. The van der Waals surface area contributed by atoms with Gasteiger partial charge in [-0.25, -0.2) is 4.39 Å². The van der Waals surface area contributed by atoms with Gasteiger partial charge in [0.2, 0.25) is 0 Å². The van der Waals surface area contributed by atoms with Gasteiger partial charge in [-0.2, -0.15) is 0 Å². The third-order valence-electron chi connectivity index (χ3n) is 4.67. The van der Waals surface area contributed by atoms with Crippen LogP contribution in [0.1, 0.15) is 22.3 Å². The Kier molecular flexibility index (Phi) is 5.66. The summed E-state index contributed by atoms with van der Waals surface area (Å²) in [5.74, 6) is -0.495. The molecule has 1 heterocycles.